The lowest BCUT2D eigenvalue weighted by atomic mass is 9.97. The molecule has 2 amide bonds. The molecule has 2 aromatic carbocycles. The first kappa shape index (κ1) is 20.0. The second-order valence-electron chi connectivity index (χ2n) is 7.46. The average molecular weight is 408 g/mol. The molecule has 0 unspecified atom stereocenters. The fraction of sp³-hybridized carbons (Fsp3) is 0.304. The van der Waals surface area contributed by atoms with Crippen LogP contribution in [0.4, 0.5) is 5.69 Å². The topological polar surface area (TPSA) is 79.3 Å². The number of carbonyl (C=O) groups excluding carboxylic acids is 2. The van der Waals surface area contributed by atoms with Crippen LogP contribution in [-0.2, 0) is 9.59 Å². The van der Waals surface area contributed by atoms with Gasteiger partial charge >= 0.3 is 0 Å². The summed E-state index contributed by atoms with van der Waals surface area (Å²) in [7, 11) is 1.70. The van der Waals surface area contributed by atoms with E-state index in [4.69, 9.17) is 9.47 Å². The highest BCUT2D eigenvalue weighted by Gasteiger charge is 2.42. The number of anilines is 1. The number of imide groups is 1. The van der Waals surface area contributed by atoms with Crippen molar-refractivity contribution in [3.05, 3.63) is 58.8 Å². The number of fused-ring (bicyclic) bond motifs is 1. The predicted octanol–water partition coefficient (Wildman–Crippen LogP) is 2.28. The van der Waals surface area contributed by atoms with E-state index in [1.165, 1.54) is 0 Å². The zero-order chi connectivity index (χ0) is 21.4. The number of aliphatic hydroxyl groups excluding tert-OH is 1. The lowest BCUT2D eigenvalue weighted by molar-refractivity contribution is -0.120. The van der Waals surface area contributed by atoms with Gasteiger partial charge in [-0.15, -0.1) is 0 Å². The quantitative estimate of drug-likeness (QED) is 0.765. The number of ether oxygens (including phenoxy) is 2. The Kier molecular flexibility index (Phi) is 5.22. The standard InChI is InChI=1S/C23H24N2O5/c1-14-4-6-17(15(2)12-14)20-21(24(3)8-9-26)23(28)25(22(20)27)16-5-7-18-19(13-16)30-11-10-29-18/h4-7,12-13,26H,8-11H2,1-3H3. The summed E-state index contributed by atoms with van der Waals surface area (Å²) in [5, 5.41) is 9.41. The van der Waals surface area contributed by atoms with Gasteiger partial charge in [0.2, 0.25) is 0 Å². The van der Waals surface area contributed by atoms with Crippen LogP contribution < -0.4 is 14.4 Å². The summed E-state index contributed by atoms with van der Waals surface area (Å²) in [4.78, 5) is 29.7. The molecule has 0 aromatic heterocycles. The van der Waals surface area contributed by atoms with Crippen LogP contribution in [0.3, 0.4) is 0 Å². The number of aryl methyl sites for hydroxylation is 2. The Morgan fingerprint density at radius 1 is 1.00 bits per heavy atom. The molecule has 156 valence electrons. The summed E-state index contributed by atoms with van der Waals surface area (Å²) in [6.07, 6.45) is 0. The molecule has 7 nitrogen and oxygen atoms in total. The number of nitrogens with zero attached hydrogens (tertiary/aromatic N) is 2. The molecular weight excluding hydrogens is 384 g/mol. The van der Waals surface area contributed by atoms with Gasteiger partial charge in [0.15, 0.2) is 11.5 Å². The predicted molar refractivity (Wildman–Crippen MR) is 112 cm³/mol. The van der Waals surface area contributed by atoms with E-state index >= 15 is 0 Å². The number of amides is 2. The SMILES string of the molecule is Cc1ccc(C2=C(N(C)CCO)C(=O)N(c3ccc4c(c3)OCCO4)C2=O)c(C)c1. The van der Waals surface area contributed by atoms with E-state index in [2.05, 4.69) is 0 Å². The van der Waals surface area contributed by atoms with E-state index in [1.807, 2.05) is 32.0 Å². The van der Waals surface area contributed by atoms with Crippen molar-refractivity contribution in [2.75, 3.05) is 38.3 Å². The lowest BCUT2D eigenvalue weighted by Gasteiger charge is -2.22. The number of aliphatic hydroxyl groups is 1. The van der Waals surface area contributed by atoms with Crippen LogP contribution in [0.5, 0.6) is 11.5 Å². The van der Waals surface area contributed by atoms with Gasteiger partial charge < -0.3 is 19.5 Å². The van der Waals surface area contributed by atoms with Gasteiger partial charge in [0.1, 0.15) is 18.9 Å². The molecule has 4 rings (SSSR count). The highest BCUT2D eigenvalue weighted by atomic mass is 16.6. The number of likely N-dealkylation sites (N-methyl/N-ethyl adjacent to an activating group) is 1. The largest absolute Gasteiger partial charge is 0.486 e. The summed E-state index contributed by atoms with van der Waals surface area (Å²) < 4.78 is 11.2. The Labute approximate surface area is 175 Å². The van der Waals surface area contributed by atoms with Crippen LogP contribution in [0.25, 0.3) is 5.57 Å². The molecule has 7 heteroatoms. The summed E-state index contributed by atoms with van der Waals surface area (Å²) in [6.45, 7) is 4.87. The van der Waals surface area contributed by atoms with Gasteiger partial charge in [-0.25, -0.2) is 4.90 Å². The molecule has 2 aromatic rings. The fourth-order valence-electron chi connectivity index (χ4n) is 3.88. The maximum atomic E-state index is 13.5. The minimum atomic E-state index is -0.428. The van der Waals surface area contributed by atoms with E-state index in [0.717, 1.165) is 16.0 Å². The minimum absolute atomic E-state index is 0.133. The van der Waals surface area contributed by atoms with Crippen molar-refractivity contribution in [3.63, 3.8) is 0 Å². The summed E-state index contributed by atoms with van der Waals surface area (Å²) in [5.74, 6) is 0.264. The second kappa shape index (κ2) is 7.84. The van der Waals surface area contributed by atoms with Crippen molar-refractivity contribution in [3.8, 4) is 11.5 Å². The third-order valence-electron chi connectivity index (χ3n) is 5.31. The van der Waals surface area contributed by atoms with Gasteiger partial charge in [-0.2, -0.15) is 0 Å². The highest BCUT2D eigenvalue weighted by molar-refractivity contribution is 6.45. The van der Waals surface area contributed by atoms with Gasteiger partial charge in [0.25, 0.3) is 11.8 Å². The van der Waals surface area contributed by atoms with Crippen molar-refractivity contribution < 1.29 is 24.2 Å². The van der Waals surface area contributed by atoms with Gasteiger partial charge in [-0.3, -0.25) is 9.59 Å². The molecule has 0 saturated heterocycles. The van der Waals surface area contributed by atoms with Crippen molar-refractivity contribution in [2.45, 2.75) is 13.8 Å². The molecule has 0 saturated carbocycles. The molecule has 0 aliphatic carbocycles. The number of hydrogen-bond donors (Lipinski definition) is 1. The zero-order valence-electron chi connectivity index (χ0n) is 17.3. The van der Waals surface area contributed by atoms with Crippen LogP contribution >= 0.6 is 0 Å². The third-order valence-corrected chi connectivity index (χ3v) is 5.31. The van der Waals surface area contributed by atoms with Crippen LogP contribution in [0.15, 0.2) is 42.1 Å². The Morgan fingerprint density at radius 3 is 2.43 bits per heavy atom. The molecule has 30 heavy (non-hydrogen) atoms. The molecule has 0 bridgehead atoms. The van der Waals surface area contributed by atoms with Crippen LogP contribution in [0, 0.1) is 13.8 Å². The lowest BCUT2D eigenvalue weighted by Crippen LogP contribution is -2.35. The van der Waals surface area contributed by atoms with Gasteiger partial charge in [0, 0.05) is 19.7 Å². The molecule has 0 spiro atoms. The molecule has 0 radical (unpaired) electrons. The Bertz CT molecular complexity index is 1060. The van der Waals surface area contributed by atoms with Crippen molar-refractivity contribution in [1.82, 2.24) is 4.90 Å². The summed E-state index contributed by atoms with van der Waals surface area (Å²) in [5.41, 5.74) is 3.72. The highest BCUT2D eigenvalue weighted by Crippen LogP contribution is 2.39. The first-order valence-electron chi connectivity index (χ1n) is 9.84. The van der Waals surface area contributed by atoms with Gasteiger partial charge in [-0.05, 0) is 37.1 Å². The molecular formula is C23H24N2O5. The van der Waals surface area contributed by atoms with Crippen molar-refractivity contribution in [1.29, 1.82) is 0 Å². The normalized spacial score (nSPS) is 15.8. The summed E-state index contributed by atoms with van der Waals surface area (Å²) >= 11 is 0. The second-order valence-corrected chi connectivity index (χ2v) is 7.46. The van der Waals surface area contributed by atoms with Crippen LogP contribution in [0.2, 0.25) is 0 Å². The monoisotopic (exact) mass is 408 g/mol. The molecule has 2 aliphatic rings. The maximum Gasteiger partial charge on any atom is 0.282 e. The molecule has 0 fully saturated rings. The van der Waals surface area contributed by atoms with Gasteiger partial charge in [0.05, 0.1) is 17.9 Å². The minimum Gasteiger partial charge on any atom is -0.486 e. The van der Waals surface area contributed by atoms with E-state index in [9.17, 15) is 14.7 Å². The van der Waals surface area contributed by atoms with Gasteiger partial charge in [-0.1, -0.05) is 23.8 Å². The summed E-state index contributed by atoms with van der Waals surface area (Å²) in [6, 6.07) is 10.8. The Balaban J connectivity index is 1.82. The molecule has 2 aliphatic heterocycles. The first-order chi connectivity index (χ1) is 14.4. The van der Waals surface area contributed by atoms with E-state index in [0.29, 0.717) is 41.5 Å². The molecule has 1 N–H and O–H groups in total. The molecule has 0 atom stereocenters. The zero-order valence-corrected chi connectivity index (χ0v) is 17.3. The number of rotatable bonds is 5. The fourth-order valence-corrected chi connectivity index (χ4v) is 3.88. The smallest absolute Gasteiger partial charge is 0.282 e. The maximum absolute atomic E-state index is 13.5. The average Bonchev–Trinajstić information content (AvgIpc) is 2.98. The molecule has 2 heterocycles. The van der Waals surface area contributed by atoms with Crippen molar-refractivity contribution >= 4 is 23.1 Å². The number of carbonyl (C=O) groups is 2. The van der Waals surface area contributed by atoms with Crippen LogP contribution in [0.1, 0.15) is 16.7 Å². The van der Waals surface area contributed by atoms with Crippen molar-refractivity contribution in [2.24, 2.45) is 0 Å². The first-order valence-corrected chi connectivity index (χ1v) is 9.84. The van der Waals surface area contributed by atoms with Crippen LogP contribution in [-0.4, -0.2) is 55.2 Å². The Hall–Kier alpha value is -3.32. The number of hydrogen-bond acceptors (Lipinski definition) is 6. The van der Waals surface area contributed by atoms with E-state index in [1.54, 1.807) is 30.1 Å². The Morgan fingerprint density at radius 2 is 1.73 bits per heavy atom. The third kappa shape index (κ3) is 3.31. The number of benzene rings is 2. The van der Waals surface area contributed by atoms with E-state index in [-0.39, 0.29) is 18.8 Å². The van der Waals surface area contributed by atoms with E-state index < -0.39 is 11.8 Å².